The van der Waals surface area contributed by atoms with E-state index in [1.165, 1.54) is 0 Å². The molecule has 0 radical (unpaired) electrons. The fraction of sp³-hybridized carbons (Fsp3) is 0.250. The van der Waals surface area contributed by atoms with Crippen molar-refractivity contribution in [3.8, 4) is 6.07 Å². The molecule has 0 unspecified atom stereocenters. The van der Waals surface area contributed by atoms with Crippen LogP contribution in [0, 0.1) is 11.3 Å². The second-order valence-electron chi connectivity index (χ2n) is 2.48. The Morgan fingerprint density at radius 2 is 2.19 bits per heavy atom. The number of nitriles is 1. The summed E-state index contributed by atoms with van der Waals surface area (Å²) in [5.41, 5.74) is 0. The fourth-order valence-electron chi connectivity index (χ4n) is 0.736. The Balaban J connectivity index is 2.50. The van der Waals surface area contributed by atoms with Crippen molar-refractivity contribution >= 4 is 34.7 Å². The van der Waals surface area contributed by atoms with Gasteiger partial charge in [0, 0.05) is 12.2 Å². The largest absolute Gasteiger partial charge is 0.301 e. The highest BCUT2D eigenvalue weighted by Gasteiger charge is 2.10. The number of nitrogens with zero attached hydrogens (tertiary/aromatic N) is 2. The molecule has 1 aromatic heterocycles. The molecule has 1 rings (SSSR count). The number of halogens is 4. The SMILES string of the molecule is N#Cc1sc(SCCC(F)=C(F)F)nc1Cl. The third kappa shape index (κ3) is 3.70. The Kier molecular flexibility index (Phi) is 5.12. The first-order valence-corrected chi connectivity index (χ1v) is 6.11. The van der Waals surface area contributed by atoms with Gasteiger partial charge in [0.25, 0.3) is 0 Å². The molecule has 0 aliphatic heterocycles. The monoisotopic (exact) mass is 284 g/mol. The summed E-state index contributed by atoms with van der Waals surface area (Å²) >= 11 is 7.73. The first-order chi connectivity index (χ1) is 7.54. The molecule has 0 saturated carbocycles. The zero-order chi connectivity index (χ0) is 12.1. The van der Waals surface area contributed by atoms with Crippen molar-refractivity contribution in [3.63, 3.8) is 0 Å². The summed E-state index contributed by atoms with van der Waals surface area (Å²) < 4.78 is 36.3. The molecule has 0 saturated heterocycles. The number of aromatic nitrogens is 1. The molecule has 1 heterocycles. The summed E-state index contributed by atoms with van der Waals surface area (Å²) in [5, 5.41) is 8.66. The third-order valence-corrected chi connectivity index (χ3v) is 3.91. The number of allylic oxidation sites excluding steroid dienone is 1. The van der Waals surface area contributed by atoms with E-state index in [1.54, 1.807) is 0 Å². The van der Waals surface area contributed by atoms with Crippen molar-refractivity contribution in [1.82, 2.24) is 4.98 Å². The van der Waals surface area contributed by atoms with Crippen molar-refractivity contribution in [2.75, 3.05) is 5.75 Å². The normalized spacial score (nSPS) is 9.94. The van der Waals surface area contributed by atoms with Crippen LogP contribution in [-0.2, 0) is 0 Å². The van der Waals surface area contributed by atoms with E-state index < -0.39 is 11.9 Å². The Morgan fingerprint density at radius 1 is 1.50 bits per heavy atom. The molecule has 0 aliphatic rings. The van der Waals surface area contributed by atoms with Crippen molar-refractivity contribution < 1.29 is 13.2 Å². The first-order valence-electron chi connectivity index (χ1n) is 3.93. The quantitative estimate of drug-likeness (QED) is 0.777. The summed E-state index contributed by atoms with van der Waals surface area (Å²) in [6, 6.07) is 1.84. The fourth-order valence-corrected chi connectivity index (χ4v) is 2.91. The number of hydrogen-bond acceptors (Lipinski definition) is 4. The molecule has 86 valence electrons. The van der Waals surface area contributed by atoms with Gasteiger partial charge in [-0.3, -0.25) is 0 Å². The third-order valence-electron chi connectivity index (χ3n) is 1.42. The summed E-state index contributed by atoms with van der Waals surface area (Å²) in [6.07, 6.45) is -2.66. The predicted molar refractivity (Wildman–Crippen MR) is 57.5 cm³/mol. The molecule has 8 heteroatoms. The van der Waals surface area contributed by atoms with Gasteiger partial charge in [-0.15, -0.1) is 0 Å². The first kappa shape index (κ1) is 13.4. The minimum Gasteiger partial charge on any atom is -0.216 e. The van der Waals surface area contributed by atoms with Crippen LogP contribution in [0.3, 0.4) is 0 Å². The van der Waals surface area contributed by atoms with E-state index in [1.807, 2.05) is 6.07 Å². The minimum absolute atomic E-state index is 0.0858. The lowest BCUT2D eigenvalue weighted by Crippen LogP contribution is -1.82. The smallest absolute Gasteiger partial charge is 0.216 e. The van der Waals surface area contributed by atoms with Gasteiger partial charge in [-0.25, -0.2) is 9.37 Å². The lowest BCUT2D eigenvalue weighted by molar-refractivity contribution is 0.373. The highest BCUT2D eigenvalue weighted by molar-refractivity contribution is 8.01. The van der Waals surface area contributed by atoms with Crippen molar-refractivity contribution in [2.45, 2.75) is 10.8 Å². The average molecular weight is 285 g/mol. The molecule has 0 aliphatic carbocycles. The van der Waals surface area contributed by atoms with E-state index in [0.29, 0.717) is 4.34 Å². The van der Waals surface area contributed by atoms with E-state index in [-0.39, 0.29) is 22.2 Å². The molecule has 0 spiro atoms. The van der Waals surface area contributed by atoms with Crippen LogP contribution < -0.4 is 0 Å². The molecule has 1 aromatic rings. The van der Waals surface area contributed by atoms with Crippen LogP contribution in [0.25, 0.3) is 0 Å². The summed E-state index contributed by atoms with van der Waals surface area (Å²) in [4.78, 5) is 4.08. The highest BCUT2D eigenvalue weighted by Crippen LogP contribution is 2.30. The van der Waals surface area contributed by atoms with Crippen molar-refractivity contribution in [3.05, 3.63) is 21.9 Å². The minimum atomic E-state index is -2.30. The molecule has 0 aromatic carbocycles. The van der Waals surface area contributed by atoms with Crippen molar-refractivity contribution in [1.29, 1.82) is 5.26 Å². The maximum Gasteiger partial charge on any atom is 0.301 e. The van der Waals surface area contributed by atoms with Gasteiger partial charge >= 0.3 is 6.08 Å². The van der Waals surface area contributed by atoms with Crippen LogP contribution in [0.5, 0.6) is 0 Å². The molecule has 0 atom stereocenters. The standard InChI is InChI=1S/C8H4ClF3N2S2/c9-6-5(3-13)16-8(14-6)15-2-1-4(10)7(11)12/h1-2H2. The number of thiazole rings is 1. The molecular formula is C8H4ClF3N2S2. The van der Waals surface area contributed by atoms with Gasteiger partial charge in [0.15, 0.2) is 15.3 Å². The van der Waals surface area contributed by atoms with Gasteiger partial charge < -0.3 is 0 Å². The van der Waals surface area contributed by atoms with Gasteiger partial charge in [-0.1, -0.05) is 34.7 Å². The van der Waals surface area contributed by atoms with Crippen molar-refractivity contribution in [2.24, 2.45) is 0 Å². The van der Waals surface area contributed by atoms with E-state index in [4.69, 9.17) is 16.9 Å². The zero-order valence-electron chi connectivity index (χ0n) is 7.64. The van der Waals surface area contributed by atoms with Gasteiger partial charge in [0.05, 0.1) is 0 Å². The van der Waals surface area contributed by atoms with Crippen LogP contribution >= 0.6 is 34.7 Å². The van der Waals surface area contributed by atoms with Crippen LogP contribution in [0.1, 0.15) is 11.3 Å². The van der Waals surface area contributed by atoms with Crippen LogP contribution in [0.2, 0.25) is 5.15 Å². The number of rotatable bonds is 4. The van der Waals surface area contributed by atoms with Gasteiger partial charge in [0.1, 0.15) is 10.9 Å². The van der Waals surface area contributed by atoms with E-state index >= 15 is 0 Å². The summed E-state index contributed by atoms with van der Waals surface area (Å²) in [6.45, 7) is 0. The molecular weight excluding hydrogens is 281 g/mol. The Labute approximate surface area is 103 Å². The molecule has 16 heavy (non-hydrogen) atoms. The predicted octanol–water partition coefficient (Wildman–Crippen LogP) is 4.23. The zero-order valence-corrected chi connectivity index (χ0v) is 10.0. The Morgan fingerprint density at radius 3 is 2.69 bits per heavy atom. The Hall–Kier alpha value is -0.710. The van der Waals surface area contributed by atoms with E-state index in [9.17, 15) is 13.2 Å². The molecule has 2 nitrogen and oxygen atoms in total. The number of thioether (sulfide) groups is 1. The van der Waals surface area contributed by atoms with Crippen LogP contribution in [0.4, 0.5) is 13.2 Å². The van der Waals surface area contributed by atoms with Gasteiger partial charge in [-0.2, -0.15) is 14.0 Å². The highest BCUT2D eigenvalue weighted by atomic mass is 35.5. The van der Waals surface area contributed by atoms with E-state index in [0.717, 1.165) is 23.1 Å². The molecule has 0 bridgehead atoms. The maximum absolute atomic E-state index is 12.4. The lowest BCUT2D eigenvalue weighted by atomic mass is 10.4. The average Bonchev–Trinajstić information content (AvgIpc) is 2.58. The van der Waals surface area contributed by atoms with Gasteiger partial charge in [0.2, 0.25) is 0 Å². The second kappa shape index (κ2) is 6.13. The molecule has 0 fully saturated rings. The van der Waals surface area contributed by atoms with E-state index in [2.05, 4.69) is 4.98 Å². The maximum atomic E-state index is 12.4. The summed E-state index contributed by atoms with van der Waals surface area (Å²) in [7, 11) is 0. The van der Waals surface area contributed by atoms with Gasteiger partial charge in [-0.05, 0) is 0 Å². The topological polar surface area (TPSA) is 36.7 Å². The molecule has 0 N–H and O–H groups in total. The van der Waals surface area contributed by atoms with Crippen LogP contribution in [0.15, 0.2) is 16.2 Å². The summed E-state index contributed by atoms with van der Waals surface area (Å²) in [5.74, 6) is -1.30. The number of hydrogen-bond donors (Lipinski definition) is 0. The van der Waals surface area contributed by atoms with Crippen LogP contribution in [-0.4, -0.2) is 10.7 Å². The Bertz CT molecular complexity index is 449. The lowest BCUT2D eigenvalue weighted by Gasteiger charge is -1.94. The second-order valence-corrected chi connectivity index (χ2v) is 5.17. The molecule has 0 amide bonds.